The van der Waals surface area contributed by atoms with E-state index in [-0.39, 0.29) is 31.6 Å². The van der Waals surface area contributed by atoms with Crippen LogP contribution in [0.3, 0.4) is 0 Å². The highest BCUT2D eigenvalue weighted by atomic mass is 19.1. The molecule has 0 spiro atoms. The first-order valence-corrected chi connectivity index (χ1v) is 21.5. The van der Waals surface area contributed by atoms with Crippen molar-refractivity contribution in [1.82, 2.24) is 0 Å². The number of aryl methyl sites for hydroxylation is 2. The molecule has 5 rings (SSSR count). The Morgan fingerprint density at radius 1 is 0.800 bits per heavy atom. The third-order valence-corrected chi connectivity index (χ3v) is 12.7. The number of hydrogen-bond acceptors (Lipinski definition) is 5. The topological polar surface area (TPSA) is 76.0 Å². The van der Waals surface area contributed by atoms with Gasteiger partial charge in [0.2, 0.25) is 0 Å². The number of aliphatic hydroxyl groups is 2. The summed E-state index contributed by atoms with van der Waals surface area (Å²) < 4.78 is 27.4. The van der Waals surface area contributed by atoms with Crippen LogP contribution in [-0.2, 0) is 22.4 Å². The van der Waals surface area contributed by atoms with Gasteiger partial charge in [-0.05, 0) is 146 Å². The molecule has 0 heterocycles. The fourth-order valence-corrected chi connectivity index (χ4v) is 9.12. The summed E-state index contributed by atoms with van der Waals surface area (Å²) in [6, 6.07) is 18.4. The molecule has 2 aliphatic rings. The minimum Gasteiger partial charge on any atom is -0.493 e. The molecule has 0 radical (unpaired) electrons. The van der Waals surface area contributed by atoms with Crippen LogP contribution in [0.2, 0.25) is 0 Å². The second kappa shape index (κ2) is 21.7. The highest BCUT2D eigenvalue weighted by Crippen LogP contribution is 2.45. The molecule has 2 N–H and O–H groups in total. The number of hydrogen-bond donors (Lipinski definition) is 2. The minimum absolute atomic E-state index is 0.0927. The molecule has 300 valence electrons. The molecular formula is C49H67FO5. The van der Waals surface area contributed by atoms with Crippen molar-refractivity contribution in [3.05, 3.63) is 89.3 Å². The molecular weight excluding hydrogens is 688 g/mol. The van der Waals surface area contributed by atoms with Crippen molar-refractivity contribution in [1.29, 1.82) is 0 Å². The number of esters is 1. The van der Waals surface area contributed by atoms with Gasteiger partial charge in [-0.25, -0.2) is 9.18 Å². The zero-order valence-electron chi connectivity index (χ0n) is 33.9. The van der Waals surface area contributed by atoms with Crippen LogP contribution in [0.4, 0.5) is 4.39 Å². The summed E-state index contributed by atoms with van der Waals surface area (Å²) in [5.74, 6) is 3.13. The van der Waals surface area contributed by atoms with E-state index in [9.17, 15) is 15.0 Å². The van der Waals surface area contributed by atoms with Gasteiger partial charge in [-0.3, -0.25) is 0 Å². The number of ether oxygens (including phenoxy) is 2. The van der Waals surface area contributed by atoms with Crippen LogP contribution in [0.1, 0.15) is 133 Å². The first-order chi connectivity index (χ1) is 26.7. The largest absolute Gasteiger partial charge is 0.493 e. The number of halogens is 1. The van der Waals surface area contributed by atoms with Crippen molar-refractivity contribution >= 4 is 5.97 Å². The van der Waals surface area contributed by atoms with E-state index in [2.05, 4.69) is 44.7 Å². The van der Waals surface area contributed by atoms with E-state index in [1.807, 2.05) is 30.3 Å². The summed E-state index contributed by atoms with van der Waals surface area (Å²) in [6.45, 7) is 10.2. The molecule has 0 atom stereocenters. The van der Waals surface area contributed by atoms with Gasteiger partial charge in [-0.2, -0.15) is 0 Å². The highest BCUT2D eigenvalue weighted by molar-refractivity contribution is 5.86. The molecule has 3 aromatic rings. The third kappa shape index (κ3) is 12.0. The molecule has 5 nitrogen and oxygen atoms in total. The molecule has 0 amide bonds. The second-order valence-corrected chi connectivity index (χ2v) is 16.6. The average Bonchev–Trinajstić information content (AvgIpc) is 3.21. The molecule has 2 aliphatic carbocycles. The Morgan fingerprint density at radius 2 is 1.45 bits per heavy atom. The summed E-state index contributed by atoms with van der Waals surface area (Å²) in [6.07, 6.45) is 18.7. The molecule has 0 bridgehead atoms. The lowest BCUT2D eigenvalue weighted by molar-refractivity contribution is -0.139. The number of unbranched alkanes of at least 4 members (excludes halogenated alkanes) is 2. The maximum absolute atomic E-state index is 15.9. The summed E-state index contributed by atoms with van der Waals surface area (Å²) in [5, 5.41) is 19.0. The van der Waals surface area contributed by atoms with Crippen LogP contribution in [-0.4, -0.2) is 42.6 Å². The van der Waals surface area contributed by atoms with Gasteiger partial charge in [-0.15, -0.1) is 0 Å². The van der Waals surface area contributed by atoms with Crippen molar-refractivity contribution in [3.63, 3.8) is 0 Å². The summed E-state index contributed by atoms with van der Waals surface area (Å²) in [5.41, 5.74) is 7.31. The summed E-state index contributed by atoms with van der Waals surface area (Å²) in [7, 11) is 0. The lowest BCUT2D eigenvalue weighted by atomic mass is 9.68. The van der Waals surface area contributed by atoms with Gasteiger partial charge in [0.15, 0.2) is 0 Å². The minimum atomic E-state index is -0.397. The number of benzene rings is 3. The normalized spacial score (nSPS) is 20.1. The molecule has 0 saturated heterocycles. The smallest absolute Gasteiger partial charge is 0.333 e. The molecule has 0 aromatic heterocycles. The molecule has 6 heteroatoms. The van der Waals surface area contributed by atoms with E-state index in [4.69, 9.17) is 9.47 Å². The molecule has 2 fully saturated rings. The van der Waals surface area contributed by atoms with Crippen LogP contribution < -0.4 is 4.74 Å². The Morgan fingerprint density at radius 3 is 2.11 bits per heavy atom. The molecule has 0 aliphatic heterocycles. The fourth-order valence-electron chi connectivity index (χ4n) is 9.12. The van der Waals surface area contributed by atoms with Crippen LogP contribution in [0.15, 0.2) is 66.7 Å². The Labute approximate surface area is 330 Å². The average molecular weight is 755 g/mol. The second-order valence-electron chi connectivity index (χ2n) is 16.6. The standard InChI is InChI=1S/C49H67FO5/c1-5-7-8-10-35-12-14-38(15-13-35)39-16-18-40(19-17-39)41-20-24-46(47(50)31-41)43-21-23-45(37(6-2)29-43)42-22-25-48(54-28-26-36(32-51)33-52)44(30-42)11-9-27-55-49(53)34(3)4/h20-25,29-31,35-36,38-40,51-52H,3,5-19,26-28,32-33H2,1-2,4H3. The van der Waals surface area contributed by atoms with Gasteiger partial charge in [0.05, 0.1) is 13.2 Å². The van der Waals surface area contributed by atoms with Gasteiger partial charge >= 0.3 is 5.97 Å². The Balaban J connectivity index is 1.24. The van der Waals surface area contributed by atoms with Crippen LogP contribution in [0.5, 0.6) is 5.75 Å². The van der Waals surface area contributed by atoms with E-state index in [0.717, 1.165) is 63.3 Å². The van der Waals surface area contributed by atoms with Crippen molar-refractivity contribution in [2.75, 3.05) is 26.4 Å². The number of carbonyl (C=O) groups is 1. The van der Waals surface area contributed by atoms with Crippen LogP contribution in [0.25, 0.3) is 22.3 Å². The summed E-state index contributed by atoms with van der Waals surface area (Å²) in [4.78, 5) is 11.9. The van der Waals surface area contributed by atoms with Crippen molar-refractivity contribution < 1.29 is 28.9 Å². The van der Waals surface area contributed by atoms with E-state index < -0.39 is 5.97 Å². The molecule has 3 aromatic carbocycles. The Bertz CT molecular complexity index is 1660. The lowest BCUT2D eigenvalue weighted by Crippen LogP contribution is -2.25. The third-order valence-electron chi connectivity index (χ3n) is 12.7. The van der Waals surface area contributed by atoms with E-state index in [1.165, 1.54) is 77.0 Å². The first-order valence-electron chi connectivity index (χ1n) is 21.5. The number of carbonyl (C=O) groups excluding carboxylic acids is 1. The van der Waals surface area contributed by atoms with Crippen LogP contribution >= 0.6 is 0 Å². The van der Waals surface area contributed by atoms with Crippen molar-refractivity contribution in [3.8, 4) is 28.0 Å². The monoisotopic (exact) mass is 754 g/mol. The first kappa shape index (κ1) is 42.7. The zero-order chi connectivity index (χ0) is 39.2. The van der Waals surface area contributed by atoms with E-state index in [1.54, 1.807) is 6.92 Å². The zero-order valence-corrected chi connectivity index (χ0v) is 33.9. The van der Waals surface area contributed by atoms with E-state index >= 15 is 4.39 Å². The predicted octanol–water partition coefficient (Wildman–Crippen LogP) is 11.8. The highest BCUT2D eigenvalue weighted by Gasteiger charge is 2.31. The summed E-state index contributed by atoms with van der Waals surface area (Å²) >= 11 is 0. The maximum Gasteiger partial charge on any atom is 0.333 e. The van der Waals surface area contributed by atoms with Gasteiger partial charge in [0.1, 0.15) is 11.6 Å². The van der Waals surface area contributed by atoms with Gasteiger partial charge in [0.25, 0.3) is 0 Å². The maximum atomic E-state index is 15.9. The van der Waals surface area contributed by atoms with Crippen molar-refractivity contribution in [2.45, 2.75) is 129 Å². The lowest BCUT2D eigenvalue weighted by Gasteiger charge is -2.38. The molecule has 0 unspecified atom stereocenters. The van der Waals surface area contributed by atoms with Gasteiger partial charge < -0.3 is 19.7 Å². The SMILES string of the molecule is C=C(C)C(=O)OCCCc1cc(-c2ccc(-c3ccc(C4CCC(C5CCC(CCCCC)CC5)CC4)cc3F)cc2CC)ccc1OCCC(CO)CO. The number of aliphatic hydroxyl groups excluding tert-OH is 2. The fraction of sp³-hybridized carbons (Fsp3) is 0.571. The van der Waals surface area contributed by atoms with Crippen LogP contribution in [0, 0.1) is 29.5 Å². The van der Waals surface area contributed by atoms with E-state index in [0.29, 0.717) is 42.9 Å². The molecule has 2 saturated carbocycles. The van der Waals surface area contributed by atoms with Gasteiger partial charge in [0, 0.05) is 30.3 Å². The van der Waals surface area contributed by atoms with Crippen molar-refractivity contribution in [2.24, 2.45) is 23.7 Å². The molecule has 55 heavy (non-hydrogen) atoms. The predicted molar refractivity (Wildman–Crippen MR) is 223 cm³/mol. The Kier molecular flexibility index (Phi) is 16.8. The quantitative estimate of drug-likeness (QED) is 0.0682. The Hall–Kier alpha value is -3.48. The number of rotatable bonds is 20. The van der Waals surface area contributed by atoms with Gasteiger partial charge in [-0.1, -0.05) is 95.3 Å².